The summed E-state index contributed by atoms with van der Waals surface area (Å²) in [6, 6.07) is 20.7. The predicted octanol–water partition coefficient (Wildman–Crippen LogP) is 6.40. The van der Waals surface area contributed by atoms with Crippen molar-refractivity contribution in [2.45, 2.75) is 19.5 Å². The van der Waals surface area contributed by atoms with Crippen molar-refractivity contribution in [1.82, 2.24) is 14.9 Å². The Morgan fingerprint density at radius 2 is 1.75 bits per heavy atom. The van der Waals surface area contributed by atoms with E-state index in [2.05, 4.69) is 32.3 Å². The molecule has 5 rings (SSSR count). The Kier molecular flexibility index (Phi) is 7.16. The van der Waals surface area contributed by atoms with E-state index < -0.39 is 11.7 Å². The molecule has 0 aliphatic heterocycles. The van der Waals surface area contributed by atoms with E-state index in [-0.39, 0.29) is 17.2 Å². The minimum Gasteiger partial charge on any atom is -0.361 e. The first-order valence-corrected chi connectivity index (χ1v) is 12.5. The Morgan fingerprint density at radius 1 is 0.972 bits per heavy atom. The van der Waals surface area contributed by atoms with Crippen LogP contribution in [0, 0.1) is 11.6 Å². The van der Waals surface area contributed by atoms with E-state index in [1.54, 1.807) is 29.6 Å². The number of fused-ring (bicyclic) bond motifs is 1. The van der Waals surface area contributed by atoms with Gasteiger partial charge in [-0.05, 0) is 47.9 Å². The van der Waals surface area contributed by atoms with E-state index in [0.717, 1.165) is 29.1 Å². The van der Waals surface area contributed by atoms with Crippen LogP contribution in [0.4, 0.5) is 14.5 Å². The van der Waals surface area contributed by atoms with Crippen LogP contribution in [0.1, 0.15) is 26.6 Å². The lowest BCUT2D eigenvalue weighted by Crippen LogP contribution is -2.25. The number of benzene rings is 3. The molecular weight excluding hydrogens is 478 g/mol. The number of anilines is 1. The molecule has 0 radical (unpaired) electrons. The standard InChI is InChI=1S/C28H24F2N4OS/c29-21-11-9-19(10-12-21)16-34(14-13-20-15-31-24-7-3-1-5-22(20)24)17-27-32-26(18-36-27)28(35)33-25-8-4-2-6-23(25)30/h1-12,15,18,31H,13-14,16-17H2,(H,33,35). The van der Waals surface area contributed by atoms with E-state index in [0.29, 0.717) is 13.1 Å². The number of thiazole rings is 1. The van der Waals surface area contributed by atoms with Crippen LogP contribution >= 0.6 is 11.3 Å². The molecule has 0 aliphatic rings. The van der Waals surface area contributed by atoms with Crippen molar-refractivity contribution < 1.29 is 13.6 Å². The van der Waals surface area contributed by atoms with Gasteiger partial charge in [0.25, 0.3) is 5.91 Å². The Morgan fingerprint density at radius 3 is 2.58 bits per heavy atom. The van der Waals surface area contributed by atoms with Crippen molar-refractivity contribution >= 4 is 33.8 Å². The number of amides is 1. The van der Waals surface area contributed by atoms with Gasteiger partial charge in [-0.1, -0.05) is 42.5 Å². The number of aromatic nitrogens is 2. The molecule has 5 aromatic rings. The van der Waals surface area contributed by atoms with Gasteiger partial charge in [-0.3, -0.25) is 9.69 Å². The maximum absolute atomic E-state index is 13.9. The SMILES string of the molecule is O=C(Nc1ccccc1F)c1csc(CN(CCc2c[nH]c3ccccc23)Cc2ccc(F)cc2)n1. The van der Waals surface area contributed by atoms with E-state index in [1.165, 1.54) is 46.6 Å². The van der Waals surface area contributed by atoms with Gasteiger partial charge in [-0.15, -0.1) is 11.3 Å². The molecule has 1 amide bonds. The fourth-order valence-electron chi connectivity index (χ4n) is 4.11. The number of nitrogens with one attached hydrogen (secondary N) is 2. The molecule has 2 N–H and O–H groups in total. The van der Waals surface area contributed by atoms with Crippen molar-refractivity contribution in [2.24, 2.45) is 0 Å². The van der Waals surface area contributed by atoms with Gasteiger partial charge >= 0.3 is 0 Å². The van der Waals surface area contributed by atoms with Crippen LogP contribution in [0.25, 0.3) is 10.9 Å². The Hall–Kier alpha value is -3.88. The van der Waals surface area contributed by atoms with Gasteiger partial charge in [-0.25, -0.2) is 13.8 Å². The first-order valence-electron chi connectivity index (χ1n) is 11.6. The van der Waals surface area contributed by atoms with Crippen LogP contribution in [0.2, 0.25) is 0 Å². The van der Waals surface area contributed by atoms with Crippen molar-refractivity contribution in [3.05, 3.63) is 118 Å². The summed E-state index contributed by atoms with van der Waals surface area (Å²) in [4.78, 5) is 22.7. The summed E-state index contributed by atoms with van der Waals surface area (Å²) in [5.41, 5.74) is 3.68. The molecule has 0 unspecified atom stereocenters. The van der Waals surface area contributed by atoms with Gasteiger partial charge in [0.2, 0.25) is 0 Å². The van der Waals surface area contributed by atoms with E-state index in [1.807, 2.05) is 18.3 Å². The highest BCUT2D eigenvalue weighted by molar-refractivity contribution is 7.09. The van der Waals surface area contributed by atoms with Crippen molar-refractivity contribution in [2.75, 3.05) is 11.9 Å². The number of rotatable bonds is 9. The quantitative estimate of drug-likeness (QED) is 0.245. The number of hydrogen-bond donors (Lipinski definition) is 2. The second kappa shape index (κ2) is 10.8. The zero-order valence-electron chi connectivity index (χ0n) is 19.4. The summed E-state index contributed by atoms with van der Waals surface area (Å²) in [5.74, 6) is -1.22. The number of halogens is 2. The second-order valence-corrected chi connectivity index (χ2v) is 9.45. The minimum absolute atomic E-state index is 0.119. The fraction of sp³-hybridized carbons (Fsp3) is 0.143. The average Bonchev–Trinajstić information content (AvgIpc) is 3.52. The molecule has 0 saturated carbocycles. The maximum atomic E-state index is 13.9. The lowest BCUT2D eigenvalue weighted by atomic mass is 10.1. The van der Waals surface area contributed by atoms with Crippen LogP contribution < -0.4 is 5.32 Å². The number of para-hydroxylation sites is 2. The van der Waals surface area contributed by atoms with Crippen LogP contribution in [-0.4, -0.2) is 27.3 Å². The fourth-order valence-corrected chi connectivity index (χ4v) is 4.92. The van der Waals surface area contributed by atoms with E-state index in [9.17, 15) is 13.6 Å². The molecular formula is C28H24F2N4OS. The third-order valence-corrected chi connectivity index (χ3v) is 6.79. The first-order chi connectivity index (χ1) is 17.5. The minimum atomic E-state index is -0.496. The van der Waals surface area contributed by atoms with Gasteiger partial charge in [0.05, 0.1) is 12.2 Å². The largest absolute Gasteiger partial charge is 0.361 e. The topological polar surface area (TPSA) is 61.0 Å². The number of carbonyl (C=O) groups is 1. The predicted molar refractivity (Wildman–Crippen MR) is 139 cm³/mol. The summed E-state index contributed by atoms with van der Waals surface area (Å²) in [6.45, 7) is 1.88. The zero-order chi connectivity index (χ0) is 24.9. The Balaban J connectivity index is 1.30. The van der Waals surface area contributed by atoms with Gasteiger partial charge in [0.1, 0.15) is 22.3 Å². The lowest BCUT2D eigenvalue weighted by Gasteiger charge is -2.21. The van der Waals surface area contributed by atoms with Gasteiger partial charge in [-0.2, -0.15) is 0 Å². The third kappa shape index (κ3) is 5.67. The molecule has 0 aliphatic carbocycles. The number of nitrogens with zero attached hydrogens (tertiary/aromatic N) is 2. The highest BCUT2D eigenvalue weighted by Crippen LogP contribution is 2.21. The van der Waals surface area contributed by atoms with Gasteiger partial charge in [0.15, 0.2) is 0 Å². The molecule has 36 heavy (non-hydrogen) atoms. The van der Waals surface area contributed by atoms with Crippen molar-refractivity contribution in [3.63, 3.8) is 0 Å². The lowest BCUT2D eigenvalue weighted by molar-refractivity contribution is 0.102. The molecule has 0 saturated heterocycles. The van der Waals surface area contributed by atoms with Gasteiger partial charge in [0, 0.05) is 35.6 Å². The summed E-state index contributed by atoms with van der Waals surface area (Å²) in [6.07, 6.45) is 2.85. The smallest absolute Gasteiger partial charge is 0.275 e. The van der Waals surface area contributed by atoms with Crippen LogP contribution in [-0.2, 0) is 19.5 Å². The Bertz CT molecular complexity index is 1480. The molecule has 3 aromatic carbocycles. The molecule has 2 heterocycles. The second-order valence-electron chi connectivity index (χ2n) is 8.51. The molecule has 0 bridgehead atoms. The van der Waals surface area contributed by atoms with Crippen LogP contribution in [0.3, 0.4) is 0 Å². The molecule has 0 fully saturated rings. The summed E-state index contributed by atoms with van der Waals surface area (Å²) < 4.78 is 27.3. The molecule has 5 nitrogen and oxygen atoms in total. The zero-order valence-corrected chi connectivity index (χ0v) is 20.2. The van der Waals surface area contributed by atoms with Crippen molar-refractivity contribution in [3.8, 4) is 0 Å². The van der Waals surface area contributed by atoms with E-state index >= 15 is 0 Å². The molecule has 182 valence electrons. The maximum Gasteiger partial charge on any atom is 0.275 e. The summed E-state index contributed by atoms with van der Waals surface area (Å²) in [7, 11) is 0. The third-order valence-electron chi connectivity index (χ3n) is 5.96. The summed E-state index contributed by atoms with van der Waals surface area (Å²) >= 11 is 1.39. The van der Waals surface area contributed by atoms with Crippen LogP contribution in [0.15, 0.2) is 84.4 Å². The number of H-pyrrole nitrogens is 1. The highest BCUT2D eigenvalue weighted by Gasteiger charge is 2.16. The first kappa shape index (κ1) is 23.8. The molecule has 0 spiro atoms. The van der Waals surface area contributed by atoms with Crippen molar-refractivity contribution in [1.29, 1.82) is 0 Å². The number of carbonyl (C=O) groups excluding carboxylic acids is 1. The van der Waals surface area contributed by atoms with E-state index in [4.69, 9.17) is 0 Å². The number of hydrogen-bond acceptors (Lipinski definition) is 4. The normalized spacial score (nSPS) is 11.3. The Labute approximate surface area is 211 Å². The monoisotopic (exact) mass is 502 g/mol. The summed E-state index contributed by atoms with van der Waals surface area (Å²) in [5, 5.41) is 6.23. The highest BCUT2D eigenvalue weighted by atomic mass is 32.1. The molecule has 8 heteroatoms. The molecule has 2 aromatic heterocycles. The van der Waals surface area contributed by atoms with Crippen LogP contribution in [0.5, 0.6) is 0 Å². The molecule has 0 atom stereocenters. The average molecular weight is 503 g/mol. The number of aromatic amines is 1. The van der Waals surface area contributed by atoms with Gasteiger partial charge < -0.3 is 10.3 Å².